The molecular formula is C14H25FO2. The summed E-state index contributed by atoms with van der Waals surface area (Å²) in [5.41, 5.74) is 0. The number of carbonyl (C=O) groups excluding carboxylic acids is 1. The fourth-order valence-corrected chi connectivity index (χ4v) is 1.61. The molecule has 0 amide bonds. The Morgan fingerprint density at radius 3 is 2.24 bits per heavy atom. The third-order valence-corrected chi connectivity index (χ3v) is 2.60. The lowest BCUT2D eigenvalue weighted by molar-refractivity contribution is -0.140. The minimum absolute atomic E-state index is 0.220. The van der Waals surface area contributed by atoms with Crippen LogP contribution >= 0.6 is 0 Å². The van der Waals surface area contributed by atoms with E-state index >= 15 is 0 Å². The summed E-state index contributed by atoms with van der Waals surface area (Å²) < 4.78 is 17.6. The molecule has 0 aliphatic heterocycles. The van der Waals surface area contributed by atoms with E-state index in [2.05, 4.69) is 11.7 Å². The highest BCUT2D eigenvalue weighted by molar-refractivity contribution is 5.85. The predicted octanol–water partition coefficient (Wildman–Crippen LogP) is 4.54. The number of esters is 1. The van der Waals surface area contributed by atoms with Crippen molar-refractivity contribution in [2.24, 2.45) is 0 Å². The molecule has 0 aliphatic rings. The van der Waals surface area contributed by atoms with Gasteiger partial charge < -0.3 is 4.74 Å². The summed E-state index contributed by atoms with van der Waals surface area (Å²) in [5, 5.41) is 0. The lowest BCUT2D eigenvalue weighted by Gasteiger charge is -2.00. The van der Waals surface area contributed by atoms with E-state index in [-0.39, 0.29) is 6.61 Å². The van der Waals surface area contributed by atoms with Crippen molar-refractivity contribution in [3.8, 4) is 0 Å². The summed E-state index contributed by atoms with van der Waals surface area (Å²) in [6.45, 7) is 4.09. The van der Waals surface area contributed by atoms with Crippen molar-refractivity contribution in [2.45, 2.75) is 65.2 Å². The van der Waals surface area contributed by atoms with Crippen LogP contribution in [0, 0.1) is 0 Å². The van der Waals surface area contributed by atoms with Crippen LogP contribution in [0.25, 0.3) is 0 Å². The van der Waals surface area contributed by atoms with Gasteiger partial charge in [-0.25, -0.2) is 4.79 Å². The molecule has 0 spiro atoms. The van der Waals surface area contributed by atoms with Gasteiger partial charge in [0.15, 0.2) is 0 Å². The number of carbonyl (C=O) groups is 1. The van der Waals surface area contributed by atoms with Gasteiger partial charge in [0.2, 0.25) is 5.83 Å². The van der Waals surface area contributed by atoms with Gasteiger partial charge in [0, 0.05) is 0 Å². The van der Waals surface area contributed by atoms with Gasteiger partial charge >= 0.3 is 5.97 Å². The lowest BCUT2D eigenvalue weighted by Crippen LogP contribution is -2.03. The average Bonchev–Trinajstić information content (AvgIpc) is 2.32. The maximum Gasteiger partial charge on any atom is 0.366 e. The van der Waals surface area contributed by atoms with Crippen LogP contribution in [0.15, 0.2) is 11.9 Å². The number of rotatable bonds is 10. The van der Waals surface area contributed by atoms with E-state index in [0.29, 0.717) is 6.42 Å². The summed E-state index contributed by atoms with van der Waals surface area (Å²) in [4.78, 5) is 10.9. The Hall–Kier alpha value is -0.860. The molecular weight excluding hydrogens is 219 g/mol. The topological polar surface area (TPSA) is 26.3 Å². The molecule has 0 saturated carbocycles. The van der Waals surface area contributed by atoms with Gasteiger partial charge in [0.25, 0.3) is 0 Å². The average molecular weight is 244 g/mol. The van der Waals surface area contributed by atoms with Gasteiger partial charge in [0.05, 0.1) is 6.61 Å². The lowest BCUT2D eigenvalue weighted by atomic mass is 10.1. The Morgan fingerprint density at radius 2 is 1.65 bits per heavy atom. The molecule has 0 atom stereocenters. The van der Waals surface area contributed by atoms with Gasteiger partial charge in [-0.05, 0) is 25.8 Å². The molecule has 0 unspecified atom stereocenters. The predicted molar refractivity (Wildman–Crippen MR) is 68.4 cm³/mol. The molecule has 0 bridgehead atoms. The van der Waals surface area contributed by atoms with Crippen LogP contribution in [0.4, 0.5) is 4.39 Å². The standard InChI is InChI=1S/C14H25FO2/c1-3-5-6-7-8-9-10-11-12-13(15)14(16)17-4-2/h12H,3-11H2,1-2H3/b13-12+. The Balaban J connectivity index is 3.42. The molecule has 0 fully saturated rings. The van der Waals surface area contributed by atoms with E-state index in [0.717, 1.165) is 12.8 Å². The second kappa shape index (κ2) is 11.6. The smallest absolute Gasteiger partial charge is 0.366 e. The largest absolute Gasteiger partial charge is 0.461 e. The van der Waals surface area contributed by atoms with E-state index in [4.69, 9.17) is 0 Å². The van der Waals surface area contributed by atoms with Gasteiger partial charge in [-0.15, -0.1) is 0 Å². The van der Waals surface area contributed by atoms with Crippen molar-refractivity contribution in [3.05, 3.63) is 11.9 Å². The van der Waals surface area contributed by atoms with E-state index < -0.39 is 11.8 Å². The fourth-order valence-electron chi connectivity index (χ4n) is 1.61. The van der Waals surface area contributed by atoms with Crippen LogP contribution in [-0.2, 0) is 9.53 Å². The van der Waals surface area contributed by atoms with Gasteiger partial charge in [-0.3, -0.25) is 0 Å². The third kappa shape index (κ3) is 10.0. The summed E-state index contributed by atoms with van der Waals surface area (Å²) in [7, 11) is 0. The van der Waals surface area contributed by atoms with Crippen LogP contribution in [0.1, 0.15) is 65.2 Å². The summed E-state index contributed by atoms with van der Waals surface area (Å²) in [5.74, 6) is -1.59. The quantitative estimate of drug-likeness (QED) is 0.320. The van der Waals surface area contributed by atoms with Crippen molar-refractivity contribution < 1.29 is 13.9 Å². The Bertz CT molecular complexity index is 224. The highest BCUT2D eigenvalue weighted by Crippen LogP contribution is 2.10. The normalized spacial score (nSPS) is 11.6. The Kier molecular flexibility index (Phi) is 11.0. The molecule has 0 aromatic heterocycles. The number of hydrogen-bond donors (Lipinski definition) is 0. The van der Waals surface area contributed by atoms with E-state index in [1.165, 1.54) is 38.2 Å². The highest BCUT2D eigenvalue weighted by Gasteiger charge is 2.07. The molecule has 0 aromatic carbocycles. The summed E-state index contributed by atoms with van der Waals surface area (Å²) in [6, 6.07) is 0. The van der Waals surface area contributed by atoms with Crippen molar-refractivity contribution >= 4 is 5.97 Å². The maximum atomic E-state index is 13.0. The highest BCUT2D eigenvalue weighted by atomic mass is 19.1. The van der Waals surface area contributed by atoms with Crippen molar-refractivity contribution in [3.63, 3.8) is 0 Å². The Labute approximate surface area is 104 Å². The Morgan fingerprint density at radius 1 is 1.06 bits per heavy atom. The molecule has 2 nitrogen and oxygen atoms in total. The molecule has 0 saturated heterocycles. The summed E-state index contributed by atoms with van der Waals surface area (Å²) in [6.07, 6.45) is 10.3. The minimum atomic E-state index is -0.838. The molecule has 100 valence electrons. The zero-order chi connectivity index (χ0) is 12.9. The molecule has 0 radical (unpaired) electrons. The third-order valence-electron chi connectivity index (χ3n) is 2.60. The first kappa shape index (κ1) is 16.1. The number of unbranched alkanes of at least 4 members (excludes halogenated alkanes) is 7. The minimum Gasteiger partial charge on any atom is -0.461 e. The monoisotopic (exact) mass is 244 g/mol. The van der Waals surface area contributed by atoms with Crippen molar-refractivity contribution in [1.82, 2.24) is 0 Å². The molecule has 0 heterocycles. The summed E-state index contributed by atoms with van der Waals surface area (Å²) >= 11 is 0. The first-order valence-electron chi connectivity index (χ1n) is 6.75. The van der Waals surface area contributed by atoms with E-state index in [9.17, 15) is 9.18 Å². The number of allylic oxidation sites excluding steroid dienone is 1. The van der Waals surface area contributed by atoms with Crippen molar-refractivity contribution in [1.29, 1.82) is 0 Å². The van der Waals surface area contributed by atoms with E-state index in [1.807, 2.05) is 0 Å². The zero-order valence-corrected chi connectivity index (χ0v) is 11.1. The van der Waals surface area contributed by atoms with Gasteiger partial charge in [-0.1, -0.05) is 45.4 Å². The van der Waals surface area contributed by atoms with Crippen LogP contribution in [-0.4, -0.2) is 12.6 Å². The SMILES string of the molecule is CCCCCCCCC/C=C(/F)C(=O)OCC. The maximum absolute atomic E-state index is 13.0. The molecule has 0 rings (SSSR count). The van der Waals surface area contributed by atoms with Crippen LogP contribution in [0.3, 0.4) is 0 Å². The zero-order valence-electron chi connectivity index (χ0n) is 11.1. The number of halogens is 1. The second-order valence-electron chi connectivity index (χ2n) is 4.18. The molecule has 3 heteroatoms. The van der Waals surface area contributed by atoms with Gasteiger partial charge in [0.1, 0.15) is 0 Å². The number of ether oxygens (including phenoxy) is 1. The molecule has 0 N–H and O–H groups in total. The van der Waals surface area contributed by atoms with Crippen LogP contribution in [0.5, 0.6) is 0 Å². The van der Waals surface area contributed by atoms with E-state index in [1.54, 1.807) is 6.92 Å². The first-order valence-corrected chi connectivity index (χ1v) is 6.75. The molecule has 0 aromatic rings. The van der Waals surface area contributed by atoms with Crippen molar-refractivity contribution in [2.75, 3.05) is 6.61 Å². The first-order chi connectivity index (χ1) is 8.22. The van der Waals surface area contributed by atoms with Crippen LogP contribution in [0.2, 0.25) is 0 Å². The fraction of sp³-hybridized carbons (Fsp3) is 0.786. The van der Waals surface area contributed by atoms with Gasteiger partial charge in [-0.2, -0.15) is 4.39 Å². The number of hydrogen-bond acceptors (Lipinski definition) is 2. The molecule has 17 heavy (non-hydrogen) atoms. The molecule has 0 aliphatic carbocycles. The second-order valence-corrected chi connectivity index (χ2v) is 4.18. The van der Waals surface area contributed by atoms with Crippen LogP contribution < -0.4 is 0 Å².